The van der Waals surface area contributed by atoms with Gasteiger partial charge in [-0.3, -0.25) is 9.59 Å². The Morgan fingerprint density at radius 1 is 1.14 bits per heavy atom. The van der Waals surface area contributed by atoms with Crippen LogP contribution < -0.4 is 10.6 Å². The van der Waals surface area contributed by atoms with E-state index in [1.807, 2.05) is 33.0 Å². The number of carbonyl (C=O) groups excluding carboxylic acids is 2. The minimum absolute atomic E-state index is 0.0499. The molecule has 0 aromatic heterocycles. The van der Waals surface area contributed by atoms with Gasteiger partial charge in [0.2, 0.25) is 5.91 Å². The van der Waals surface area contributed by atoms with Gasteiger partial charge in [-0.1, -0.05) is 12.1 Å². The minimum atomic E-state index is -0.0648. The van der Waals surface area contributed by atoms with Gasteiger partial charge in [0.15, 0.2) is 0 Å². The molecule has 0 heterocycles. The van der Waals surface area contributed by atoms with Crippen molar-refractivity contribution in [1.82, 2.24) is 10.2 Å². The molecular weight excluding hydrogens is 266 g/mol. The highest BCUT2D eigenvalue weighted by Crippen LogP contribution is 2.17. The smallest absolute Gasteiger partial charge is 0.255 e. The van der Waals surface area contributed by atoms with Crippen molar-refractivity contribution in [3.8, 4) is 0 Å². The molecule has 1 rings (SSSR count). The van der Waals surface area contributed by atoms with Crippen LogP contribution >= 0.6 is 0 Å². The third-order valence-electron chi connectivity index (χ3n) is 3.31. The first-order valence-electron chi connectivity index (χ1n) is 7.46. The second-order valence-corrected chi connectivity index (χ2v) is 4.78. The molecule has 0 aliphatic carbocycles. The van der Waals surface area contributed by atoms with E-state index in [9.17, 15) is 9.59 Å². The third-order valence-corrected chi connectivity index (χ3v) is 3.31. The van der Waals surface area contributed by atoms with Crippen molar-refractivity contribution in [2.24, 2.45) is 0 Å². The van der Waals surface area contributed by atoms with E-state index in [2.05, 4.69) is 10.6 Å². The van der Waals surface area contributed by atoms with Crippen LogP contribution in [0.4, 0.5) is 5.69 Å². The van der Waals surface area contributed by atoms with Gasteiger partial charge in [-0.05, 0) is 46.0 Å². The SMILES string of the molecule is CCN(CC)C(=O)c1ccccc1NC(=O)CCCNC. The van der Waals surface area contributed by atoms with Crippen LogP contribution in [0.25, 0.3) is 0 Å². The van der Waals surface area contributed by atoms with E-state index in [-0.39, 0.29) is 11.8 Å². The fraction of sp³-hybridized carbons (Fsp3) is 0.500. The molecule has 0 saturated heterocycles. The van der Waals surface area contributed by atoms with Gasteiger partial charge in [0.25, 0.3) is 5.91 Å². The predicted octanol–water partition coefficient (Wildman–Crippen LogP) is 2.11. The maximum absolute atomic E-state index is 12.4. The summed E-state index contributed by atoms with van der Waals surface area (Å²) in [4.78, 5) is 26.1. The molecule has 0 aliphatic rings. The number of amides is 2. The first kappa shape index (κ1) is 17.2. The molecule has 2 amide bonds. The maximum Gasteiger partial charge on any atom is 0.255 e. The van der Waals surface area contributed by atoms with Crippen LogP contribution in [-0.4, -0.2) is 43.4 Å². The number of para-hydroxylation sites is 1. The second-order valence-electron chi connectivity index (χ2n) is 4.78. The van der Waals surface area contributed by atoms with Crippen LogP contribution in [0.5, 0.6) is 0 Å². The summed E-state index contributed by atoms with van der Waals surface area (Å²) >= 11 is 0. The number of anilines is 1. The van der Waals surface area contributed by atoms with E-state index >= 15 is 0 Å². The monoisotopic (exact) mass is 291 g/mol. The fourth-order valence-electron chi connectivity index (χ4n) is 2.10. The van der Waals surface area contributed by atoms with Crippen molar-refractivity contribution >= 4 is 17.5 Å². The number of rotatable bonds is 8. The van der Waals surface area contributed by atoms with Crippen molar-refractivity contribution in [2.75, 3.05) is 32.0 Å². The summed E-state index contributed by atoms with van der Waals surface area (Å²) in [5, 5.41) is 5.85. The zero-order chi connectivity index (χ0) is 15.7. The number of hydrogen-bond acceptors (Lipinski definition) is 3. The largest absolute Gasteiger partial charge is 0.339 e. The zero-order valence-corrected chi connectivity index (χ0v) is 13.1. The Labute approximate surface area is 126 Å². The number of nitrogens with one attached hydrogen (secondary N) is 2. The Bertz CT molecular complexity index is 470. The Balaban J connectivity index is 2.79. The Morgan fingerprint density at radius 3 is 2.43 bits per heavy atom. The molecular formula is C16H25N3O2. The van der Waals surface area contributed by atoms with Gasteiger partial charge in [-0.25, -0.2) is 0 Å². The van der Waals surface area contributed by atoms with Crippen molar-refractivity contribution < 1.29 is 9.59 Å². The van der Waals surface area contributed by atoms with Crippen molar-refractivity contribution in [2.45, 2.75) is 26.7 Å². The normalized spacial score (nSPS) is 10.2. The standard InChI is InChI=1S/C16H25N3O2/c1-4-19(5-2)16(21)13-9-6-7-10-14(13)18-15(20)11-8-12-17-3/h6-7,9-10,17H,4-5,8,11-12H2,1-3H3,(H,18,20). The summed E-state index contributed by atoms with van der Waals surface area (Å²) in [5.74, 6) is -0.115. The maximum atomic E-state index is 12.4. The summed E-state index contributed by atoms with van der Waals surface area (Å²) in [6.07, 6.45) is 1.21. The predicted molar refractivity (Wildman–Crippen MR) is 85.5 cm³/mol. The molecule has 2 N–H and O–H groups in total. The first-order valence-corrected chi connectivity index (χ1v) is 7.46. The lowest BCUT2D eigenvalue weighted by molar-refractivity contribution is -0.116. The van der Waals surface area contributed by atoms with E-state index < -0.39 is 0 Å². The lowest BCUT2D eigenvalue weighted by Crippen LogP contribution is -2.31. The molecule has 116 valence electrons. The average Bonchev–Trinajstić information content (AvgIpc) is 2.49. The Hall–Kier alpha value is -1.88. The molecule has 1 aromatic carbocycles. The Kier molecular flexibility index (Phi) is 7.46. The van der Waals surface area contributed by atoms with Crippen molar-refractivity contribution in [3.05, 3.63) is 29.8 Å². The molecule has 0 bridgehead atoms. The molecule has 5 heteroatoms. The first-order chi connectivity index (χ1) is 10.1. The summed E-state index contributed by atoms with van der Waals surface area (Å²) in [6, 6.07) is 7.16. The van der Waals surface area contributed by atoms with Crippen molar-refractivity contribution in [1.29, 1.82) is 0 Å². The van der Waals surface area contributed by atoms with Gasteiger partial charge in [0.1, 0.15) is 0 Å². The molecule has 0 aliphatic heterocycles. The highest BCUT2D eigenvalue weighted by atomic mass is 16.2. The highest BCUT2D eigenvalue weighted by Gasteiger charge is 2.17. The summed E-state index contributed by atoms with van der Waals surface area (Å²) in [5.41, 5.74) is 1.13. The number of carbonyl (C=O) groups is 2. The zero-order valence-electron chi connectivity index (χ0n) is 13.1. The highest BCUT2D eigenvalue weighted by molar-refractivity contribution is 6.03. The molecule has 0 saturated carbocycles. The molecule has 0 radical (unpaired) electrons. The van der Waals surface area contributed by atoms with Gasteiger partial charge in [-0.2, -0.15) is 0 Å². The van der Waals surface area contributed by atoms with E-state index in [1.54, 1.807) is 17.0 Å². The average molecular weight is 291 g/mol. The van der Waals surface area contributed by atoms with Gasteiger partial charge >= 0.3 is 0 Å². The summed E-state index contributed by atoms with van der Waals surface area (Å²) in [6.45, 7) is 5.99. The molecule has 5 nitrogen and oxygen atoms in total. The number of hydrogen-bond donors (Lipinski definition) is 2. The second kappa shape index (κ2) is 9.13. The van der Waals surface area contributed by atoms with Crippen LogP contribution in [0.1, 0.15) is 37.0 Å². The van der Waals surface area contributed by atoms with E-state index in [0.717, 1.165) is 13.0 Å². The number of benzene rings is 1. The van der Waals surface area contributed by atoms with Crippen LogP contribution in [0.2, 0.25) is 0 Å². The lowest BCUT2D eigenvalue weighted by Gasteiger charge is -2.20. The van der Waals surface area contributed by atoms with Crippen LogP contribution in [0.15, 0.2) is 24.3 Å². The minimum Gasteiger partial charge on any atom is -0.339 e. The van der Waals surface area contributed by atoms with Crippen molar-refractivity contribution in [3.63, 3.8) is 0 Å². The van der Waals surface area contributed by atoms with Crippen LogP contribution in [-0.2, 0) is 4.79 Å². The fourth-order valence-corrected chi connectivity index (χ4v) is 2.10. The van der Waals surface area contributed by atoms with Crippen LogP contribution in [0.3, 0.4) is 0 Å². The summed E-state index contributed by atoms with van der Waals surface area (Å²) in [7, 11) is 1.86. The number of nitrogens with zero attached hydrogens (tertiary/aromatic N) is 1. The molecule has 0 unspecified atom stereocenters. The van der Waals surface area contributed by atoms with Crippen LogP contribution in [0, 0.1) is 0 Å². The quantitative estimate of drug-likeness (QED) is 0.721. The van der Waals surface area contributed by atoms with E-state index in [0.29, 0.717) is 30.8 Å². The van der Waals surface area contributed by atoms with Gasteiger partial charge in [0.05, 0.1) is 11.3 Å². The molecule has 21 heavy (non-hydrogen) atoms. The summed E-state index contributed by atoms with van der Waals surface area (Å²) < 4.78 is 0. The van der Waals surface area contributed by atoms with Gasteiger partial charge in [-0.15, -0.1) is 0 Å². The van der Waals surface area contributed by atoms with E-state index in [1.165, 1.54) is 0 Å². The topological polar surface area (TPSA) is 61.4 Å². The lowest BCUT2D eigenvalue weighted by atomic mass is 10.1. The molecule has 0 atom stereocenters. The van der Waals surface area contributed by atoms with Gasteiger partial charge < -0.3 is 15.5 Å². The third kappa shape index (κ3) is 5.19. The molecule has 0 spiro atoms. The molecule has 1 aromatic rings. The Morgan fingerprint density at radius 2 is 1.81 bits per heavy atom. The van der Waals surface area contributed by atoms with E-state index in [4.69, 9.17) is 0 Å². The molecule has 0 fully saturated rings. The van der Waals surface area contributed by atoms with Gasteiger partial charge in [0, 0.05) is 19.5 Å².